The second-order valence-electron chi connectivity index (χ2n) is 6.62. The zero-order valence-corrected chi connectivity index (χ0v) is 14.9. The summed E-state index contributed by atoms with van der Waals surface area (Å²) in [6.45, 7) is 5.68. The van der Waals surface area contributed by atoms with Gasteiger partial charge >= 0.3 is 6.18 Å². The molecule has 0 aromatic heterocycles. The lowest BCUT2D eigenvalue weighted by Crippen LogP contribution is -2.42. The molecule has 1 atom stereocenters. The molecule has 0 spiro atoms. The molecule has 1 heterocycles. The van der Waals surface area contributed by atoms with E-state index in [1.165, 1.54) is 12.1 Å². The van der Waals surface area contributed by atoms with Crippen LogP contribution in [0.3, 0.4) is 0 Å². The Morgan fingerprint density at radius 2 is 2.04 bits per heavy atom. The zero-order valence-electron chi connectivity index (χ0n) is 14.9. The van der Waals surface area contributed by atoms with Crippen LogP contribution in [0, 0.1) is 6.92 Å². The van der Waals surface area contributed by atoms with Crippen molar-refractivity contribution in [1.29, 1.82) is 0 Å². The summed E-state index contributed by atoms with van der Waals surface area (Å²) in [5.74, 6) is 0. The first-order valence-corrected chi connectivity index (χ1v) is 8.19. The van der Waals surface area contributed by atoms with E-state index in [-0.39, 0.29) is 30.2 Å². The Kier molecular flexibility index (Phi) is 5.56. The minimum Gasteiger partial charge on any atom is -0.363 e. The molecule has 1 fully saturated rings. The molecule has 1 aliphatic heterocycles. The van der Waals surface area contributed by atoms with Gasteiger partial charge in [0.2, 0.25) is 0 Å². The number of carbonyl (C=O) groups excluding carboxylic acids is 1. The van der Waals surface area contributed by atoms with E-state index in [4.69, 9.17) is 4.74 Å². The number of ether oxygens (including phenoxy) is 1. The van der Waals surface area contributed by atoms with Crippen LogP contribution in [-0.4, -0.2) is 43.4 Å². The highest BCUT2D eigenvalue weighted by Gasteiger charge is 2.59. The Morgan fingerprint density at radius 3 is 2.52 bits per heavy atom. The first kappa shape index (κ1) is 19.4. The molecular formula is C18H23F3N2O2. The smallest absolute Gasteiger partial charge is 0.363 e. The number of alkyl halides is 3. The van der Waals surface area contributed by atoms with Crippen molar-refractivity contribution in [2.45, 2.75) is 51.4 Å². The van der Waals surface area contributed by atoms with Crippen LogP contribution >= 0.6 is 0 Å². The van der Waals surface area contributed by atoms with Crippen molar-refractivity contribution in [2.24, 2.45) is 4.99 Å². The molecule has 1 aliphatic rings. The maximum atomic E-state index is 13.7. The van der Waals surface area contributed by atoms with Crippen LogP contribution in [0.2, 0.25) is 0 Å². The summed E-state index contributed by atoms with van der Waals surface area (Å²) in [6.07, 6.45) is -2.43. The van der Waals surface area contributed by atoms with Crippen LogP contribution in [0.15, 0.2) is 17.1 Å². The van der Waals surface area contributed by atoms with Gasteiger partial charge in [0, 0.05) is 30.8 Å². The summed E-state index contributed by atoms with van der Waals surface area (Å²) in [5.41, 5.74) is -1.54. The largest absolute Gasteiger partial charge is 0.421 e. The van der Waals surface area contributed by atoms with Gasteiger partial charge in [0.05, 0.1) is 12.0 Å². The summed E-state index contributed by atoms with van der Waals surface area (Å²) < 4.78 is 46.3. The maximum Gasteiger partial charge on any atom is 0.421 e. The minimum absolute atomic E-state index is 0.0238. The van der Waals surface area contributed by atoms with Crippen LogP contribution in [0.5, 0.6) is 0 Å². The lowest BCUT2D eigenvalue weighted by Gasteiger charge is -2.32. The van der Waals surface area contributed by atoms with Crippen LogP contribution in [0.4, 0.5) is 18.9 Å². The van der Waals surface area contributed by atoms with Gasteiger partial charge in [-0.05, 0) is 51.3 Å². The third-order valence-corrected chi connectivity index (χ3v) is 4.60. The van der Waals surface area contributed by atoms with Gasteiger partial charge in [0.1, 0.15) is 0 Å². The monoisotopic (exact) mass is 356 g/mol. The summed E-state index contributed by atoms with van der Waals surface area (Å²) in [4.78, 5) is 17.7. The molecule has 0 radical (unpaired) electrons. The predicted molar refractivity (Wildman–Crippen MR) is 90.5 cm³/mol. The number of nitrogens with zero attached hydrogens (tertiary/aromatic N) is 2. The van der Waals surface area contributed by atoms with Crippen molar-refractivity contribution < 1.29 is 22.7 Å². The fourth-order valence-electron chi connectivity index (χ4n) is 2.81. The van der Waals surface area contributed by atoms with Gasteiger partial charge in [-0.1, -0.05) is 0 Å². The van der Waals surface area contributed by atoms with E-state index in [2.05, 4.69) is 4.99 Å². The molecule has 138 valence electrons. The van der Waals surface area contributed by atoms with Gasteiger partial charge in [-0.3, -0.25) is 4.79 Å². The number of rotatable bonds is 5. The lowest BCUT2D eigenvalue weighted by atomic mass is 9.85. The van der Waals surface area contributed by atoms with Crippen molar-refractivity contribution in [1.82, 2.24) is 4.90 Å². The molecule has 0 N–H and O–H groups in total. The standard InChI is InChI=1S/C18H23F3N2O2/c1-12(2)23(4)11-22-16-9-14(10-24)15(8-13(16)3)17(18(19,20)21)6-5-7-25-17/h8-12H,5-7H2,1-4H3/b22-11+. The van der Waals surface area contributed by atoms with Crippen molar-refractivity contribution >= 4 is 18.3 Å². The van der Waals surface area contributed by atoms with Gasteiger partial charge < -0.3 is 9.64 Å². The summed E-state index contributed by atoms with van der Waals surface area (Å²) in [7, 11) is 1.85. The van der Waals surface area contributed by atoms with Crippen LogP contribution < -0.4 is 0 Å². The Balaban J connectivity index is 2.51. The van der Waals surface area contributed by atoms with E-state index in [0.29, 0.717) is 24.0 Å². The number of aryl methyl sites for hydroxylation is 1. The Bertz CT molecular complexity index is 663. The number of halogens is 3. The molecule has 0 aliphatic carbocycles. The van der Waals surface area contributed by atoms with Gasteiger partial charge in [-0.25, -0.2) is 4.99 Å². The van der Waals surface area contributed by atoms with E-state index in [0.717, 1.165) is 0 Å². The molecule has 1 aromatic carbocycles. The maximum absolute atomic E-state index is 13.7. The number of hydrogen-bond acceptors (Lipinski definition) is 3. The average Bonchev–Trinajstić information content (AvgIpc) is 3.03. The molecule has 0 saturated carbocycles. The minimum atomic E-state index is -4.59. The van der Waals surface area contributed by atoms with Crippen molar-refractivity contribution in [2.75, 3.05) is 13.7 Å². The second kappa shape index (κ2) is 7.15. The Labute approximate surface area is 145 Å². The molecule has 1 unspecified atom stereocenters. The fraction of sp³-hybridized carbons (Fsp3) is 0.556. The molecule has 1 aromatic rings. The summed E-state index contributed by atoms with van der Waals surface area (Å²) in [5, 5.41) is 0. The second-order valence-corrected chi connectivity index (χ2v) is 6.62. The SMILES string of the molecule is Cc1cc(C2(C(F)(F)F)CCCO2)c(C=O)cc1/N=C/N(C)C(C)C. The molecule has 25 heavy (non-hydrogen) atoms. The van der Waals surface area contributed by atoms with E-state index >= 15 is 0 Å². The van der Waals surface area contributed by atoms with Crippen molar-refractivity contribution in [3.05, 3.63) is 28.8 Å². The van der Waals surface area contributed by atoms with Crippen molar-refractivity contribution in [3.63, 3.8) is 0 Å². The molecule has 0 amide bonds. The molecule has 7 heteroatoms. The summed E-state index contributed by atoms with van der Waals surface area (Å²) >= 11 is 0. The Morgan fingerprint density at radius 1 is 1.36 bits per heavy atom. The van der Waals surface area contributed by atoms with E-state index < -0.39 is 11.8 Å². The highest BCUT2D eigenvalue weighted by atomic mass is 19.4. The highest BCUT2D eigenvalue weighted by Crippen LogP contribution is 2.50. The third kappa shape index (κ3) is 3.71. The lowest BCUT2D eigenvalue weighted by molar-refractivity contribution is -0.269. The van der Waals surface area contributed by atoms with Crippen molar-refractivity contribution in [3.8, 4) is 0 Å². The first-order chi connectivity index (χ1) is 11.6. The topological polar surface area (TPSA) is 41.9 Å². The number of aliphatic imine (C=N–C) groups is 1. The molecule has 4 nitrogen and oxygen atoms in total. The quantitative estimate of drug-likeness (QED) is 0.447. The highest BCUT2D eigenvalue weighted by molar-refractivity contribution is 5.81. The first-order valence-electron chi connectivity index (χ1n) is 8.19. The molecular weight excluding hydrogens is 333 g/mol. The van der Waals surface area contributed by atoms with E-state index in [1.54, 1.807) is 13.3 Å². The number of hydrogen-bond donors (Lipinski definition) is 0. The van der Waals surface area contributed by atoms with Crippen LogP contribution in [0.1, 0.15) is 48.2 Å². The third-order valence-electron chi connectivity index (χ3n) is 4.60. The van der Waals surface area contributed by atoms with E-state index in [9.17, 15) is 18.0 Å². The van der Waals surface area contributed by atoms with Gasteiger partial charge in [0.15, 0.2) is 11.9 Å². The van der Waals surface area contributed by atoms with E-state index in [1.807, 2.05) is 25.8 Å². The summed E-state index contributed by atoms with van der Waals surface area (Å²) in [6, 6.07) is 3.01. The van der Waals surface area contributed by atoms with Gasteiger partial charge in [0.25, 0.3) is 0 Å². The molecule has 0 bridgehead atoms. The van der Waals surface area contributed by atoms with Gasteiger partial charge in [-0.15, -0.1) is 0 Å². The Hall–Kier alpha value is -1.89. The van der Waals surface area contributed by atoms with Crippen LogP contribution in [0.25, 0.3) is 0 Å². The molecule has 2 rings (SSSR count). The number of benzene rings is 1. The van der Waals surface area contributed by atoms with Gasteiger partial charge in [-0.2, -0.15) is 13.2 Å². The van der Waals surface area contributed by atoms with Crippen LogP contribution in [-0.2, 0) is 10.3 Å². The predicted octanol–water partition coefficient (Wildman–Crippen LogP) is 4.38. The zero-order chi connectivity index (χ0) is 18.8. The fourth-order valence-corrected chi connectivity index (χ4v) is 2.81. The number of aldehydes is 1. The molecule has 1 saturated heterocycles. The number of carbonyl (C=O) groups is 1. The normalized spacial score (nSPS) is 21.3. The average molecular weight is 356 g/mol.